The molecule has 0 rings (SSSR count). The van der Waals surface area contributed by atoms with E-state index < -0.39 is 0 Å². The number of nitrogens with one attached hydrogen (secondary N) is 1. The van der Waals surface area contributed by atoms with Gasteiger partial charge in [-0.15, -0.1) is 5.17 Å². The van der Waals surface area contributed by atoms with Gasteiger partial charge in [-0.2, -0.15) is 0 Å². The average Bonchev–Trinajstić information content (AvgIpc) is 1.85. The van der Waals surface area contributed by atoms with Crippen molar-refractivity contribution in [1.29, 1.82) is 0 Å². The lowest BCUT2D eigenvalue weighted by atomic mass is 10.5. The van der Waals surface area contributed by atoms with Crippen LogP contribution in [-0.4, -0.2) is 23.5 Å². The molecule has 0 aliphatic rings. The summed E-state index contributed by atoms with van der Waals surface area (Å²) >= 11 is 0. The Morgan fingerprint density at radius 2 is 2.00 bits per heavy atom. The third-order valence-electron chi connectivity index (χ3n) is 0.980. The first-order valence-corrected chi connectivity index (χ1v) is 3.51. The fourth-order valence-electron chi connectivity index (χ4n) is 0.532. The van der Waals surface area contributed by atoms with Crippen LogP contribution >= 0.6 is 0 Å². The molecule has 0 aliphatic heterocycles. The van der Waals surface area contributed by atoms with Crippen LogP contribution in [0.3, 0.4) is 0 Å². The first-order valence-electron chi connectivity index (χ1n) is 3.51. The van der Waals surface area contributed by atoms with Gasteiger partial charge in [0.05, 0.1) is 0 Å². The monoisotopic (exact) mass is 132 g/mol. The molecule has 0 unspecified atom stereocenters. The maximum absolute atomic E-state index is 8.90. The minimum atomic E-state index is 0.694. The topological polar surface area (TPSA) is 35.5 Å². The van der Waals surface area contributed by atoms with Crippen molar-refractivity contribution in [2.24, 2.45) is 0 Å². The molecule has 0 bridgehead atoms. The number of hydrazine groups is 1. The summed E-state index contributed by atoms with van der Waals surface area (Å²) in [6.07, 6.45) is 2.01. The molecule has 9 heavy (non-hydrogen) atoms. The zero-order valence-corrected chi connectivity index (χ0v) is 6.22. The highest BCUT2D eigenvalue weighted by molar-refractivity contribution is 4.36. The Labute approximate surface area is 56.6 Å². The van der Waals surface area contributed by atoms with E-state index in [9.17, 15) is 0 Å². The zero-order chi connectivity index (χ0) is 7.11. The molecule has 0 aliphatic carbocycles. The molecule has 0 fully saturated rings. The highest BCUT2D eigenvalue weighted by atomic mass is 16.5. The Kier molecular flexibility index (Phi) is 5.93. The van der Waals surface area contributed by atoms with Crippen LogP contribution in [0.1, 0.15) is 26.7 Å². The minimum Gasteiger partial charge on any atom is -0.299 e. The van der Waals surface area contributed by atoms with Gasteiger partial charge in [0.25, 0.3) is 0 Å². The van der Waals surface area contributed by atoms with Gasteiger partial charge in [-0.05, 0) is 12.8 Å². The second kappa shape index (κ2) is 6.01. The summed E-state index contributed by atoms with van der Waals surface area (Å²) in [6, 6.07) is 0. The van der Waals surface area contributed by atoms with E-state index in [0.717, 1.165) is 24.6 Å². The van der Waals surface area contributed by atoms with Crippen LogP contribution in [0.4, 0.5) is 0 Å². The molecule has 0 saturated heterocycles. The van der Waals surface area contributed by atoms with E-state index in [0.29, 0.717) is 6.54 Å². The minimum absolute atomic E-state index is 0.694. The molecule has 0 aromatic rings. The van der Waals surface area contributed by atoms with Gasteiger partial charge in [0.15, 0.2) is 0 Å². The Hall–Kier alpha value is -0.120. The van der Waals surface area contributed by atoms with Crippen molar-refractivity contribution in [2.45, 2.75) is 26.7 Å². The quantitative estimate of drug-likeness (QED) is 0.548. The molecular formula is C6H16N2O. The third kappa shape index (κ3) is 5.76. The van der Waals surface area contributed by atoms with Crippen molar-refractivity contribution in [3.05, 3.63) is 0 Å². The van der Waals surface area contributed by atoms with E-state index in [1.54, 1.807) is 0 Å². The Bertz CT molecular complexity index is 59.0. The Morgan fingerprint density at radius 3 is 2.44 bits per heavy atom. The van der Waals surface area contributed by atoms with Gasteiger partial charge < -0.3 is 0 Å². The van der Waals surface area contributed by atoms with Crippen LogP contribution in [-0.2, 0) is 0 Å². The smallest absolute Gasteiger partial charge is 0.0396 e. The summed E-state index contributed by atoms with van der Waals surface area (Å²) in [7, 11) is 0. The van der Waals surface area contributed by atoms with Gasteiger partial charge in [-0.1, -0.05) is 13.8 Å². The van der Waals surface area contributed by atoms with Crippen LogP contribution in [0.5, 0.6) is 0 Å². The van der Waals surface area contributed by atoms with Gasteiger partial charge in [0, 0.05) is 13.1 Å². The summed E-state index contributed by atoms with van der Waals surface area (Å²) in [5.74, 6) is 0. The van der Waals surface area contributed by atoms with Gasteiger partial charge >= 0.3 is 0 Å². The summed E-state index contributed by atoms with van der Waals surface area (Å²) in [4.78, 5) is 0. The molecule has 0 radical (unpaired) electrons. The molecule has 3 nitrogen and oxygen atoms in total. The molecule has 56 valence electrons. The second-order valence-electron chi connectivity index (χ2n) is 2.03. The van der Waals surface area contributed by atoms with Gasteiger partial charge in [0.1, 0.15) is 0 Å². The number of hydrogen-bond donors (Lipinski definition) is 2. The van der Waals surface area contributed by atoms with Gasteiger partial charge in [-0.25, -0.2) is 5.43 Å². The summed E-state index contributed by atoms with van der Waals surface area (Å²) in [6.45, 7) is 5.63. The highest BCUT2D eigenvalue weighted by Gasteiger charge is 1.92. The largest absolute Gasteiger partial charge is 0.299 e. The molecule has 0 aromatic carbocycles. The third-order valence-corrected chi connectivity index (χ3v) is 0.980. The fourth-order valence-corrected chi connectivity index (χ4v) is 0.532. The molecule has 0 atom stereocenters. The predicted molar refractivity (Wildman–Crippen MR) is 37.1 cm³/mol. The number of hydrogen-bond acceptors (Lipinski definition) is 3. The van der Waals surface area contributed by atoms with Gasteiger partial charge in [-0.3, -0.25) is 5.21 Å². The molecule has 0 aromatic heterocycles. The van der Waals surface area contributed by atoms with Crippen LogP contribution in [0.2, 0.25) is 0 Å². The van der Waals surface area contributed by atoms with Crippen molar-refractivity contribution in [1.82, 2.24) is 10.6 Å². The molecule has 3 heteroatoms. The van der Waals surface area contributed by atoms with Crippen molar-refractivity contribution < 1.29 is 5.21 Å². The Morgan fingerprint density at radius 1 is 1.33 bits per heavy atom. The van der Waals surface area contributed by atoms with E-state index in [2.05, 4.69) is 12.3 Å². The van der Waals surface area contributed by atoms with Crippen molar-refractivity contribution in [2.75, 3.05) is 13.1 Å². The first-order chi connectivity index (χ1) is 4.31. The van der Waals surface area contributed by atoms with Crippen LogP contribution in [0.25, 0.3) is 0 Å². The number of rotatable bonds is 5. The molecule has 2 N–H and O–H groups in total. The summed E-state index contributed by atoms with van der Waals surface area (Å²) < 4.78 is 0. The van der Waals surface area contributed by atoms with E-state index in [-0.39, 0.29) is 0 Å². The molecular weight excluding hydrogens is 116 g/mol. The van der Waals surface area contributed by atoms with Crippen molar-refractivity contribution in [3.8, 4) is 0 Å². The number of hydroxylamine groups is 1. The maximum Gasteiger partial charge on any atom is 0.0396 e. The molecule has 0 heterocycles. The fraction of sp³-hybridized carbons (Fsp3) is 1.00. The van der Waals surface area contributed by atoms with Crippen LogP contribution < -0.4 is 5.43 Å². The lowest BCUT2D eigenvalue weighted by molar-refractivity contribution is -0.136. The highest BCUT2D eigenvalue weighted by Crippen LogP contribution is 1.79. The second-order valence-corrected chi connectivity index (χ2v) is 2.03. The van der Waals surface area contributed by atoms with E-state index in [4.69, 9.17) is 5.21 Å². The maximum atomic E-state index is 8.90. The normalized spacial score (nSPS) is 10.7. The van der Waals surface area contributed by atoms with Crippen LogP contribution in [0, 0.1) is 0 Å². The van der Waals surface area contributed by atoms with Crippen molar-refractivity contribution >= 4 is 0 Å². The lowest BCUT2D eigenvalue weighted by Crippen LogP contribution is -2.35. The van der Waals surface area contributed by atoms with Crippen molar-refractivity contribution in [3.63, 3.8) is 0 Å². The predicted octanol–water partition coefficient (Wildman–Crippen LogP) is 1.00. The lowest BCUT2D eigenvalue weighted by Gasteiger charge is -2.13. The standard InChI is InChI=1S/C6H16N2O/c1-3-5-7-8(9)6-4-2/h7,9H,3-6H2,1-2H3. The summed E-state index contributed by atoms with van der Waals surface area (Å²) in [5.41, 5.74) is 2.82. The molecule has 0 spiro atoms. The summed E-state index contributed by atoms with van der Waals surface area (Å²) in [5, 5.41) is 10.0. The van der Waals surface area contributed by atoms with E-state index in [1.165, 1.54) is 0 Å². The average molecular weight is 132 g/mol. The Balaban J connectivity index is 2.95. The van der Waals surface area contributed by atoms with Gasteiger partial charge in [0.2, 0.25) is 0 Å². The molecule has 0 amide bonds. The van der Waals surface area contributed by atoms with E-state index >= 15 is 0 Å². The number of nitrogens with zero attached hydrogens (tertiary/aromatic N) is 1. The van der Waals surface area contributed by atoms with Crippen LogP contribution in [0.15, 0.2) is 0 Å². The first kappa shape index (κ1) is 8.88. The van der Waals surface area contributed by atoms with E-state index in [1.807, 2.05) is 6.92 Å². The molecule has 0 saturated carbocycles. The SMILES string of the molecule is CCCNN(O)CCC. The zero-order valence-electron chi connectivity index (χ0n) is 6.22.